The molecule has 0 saturated heterocycles. The second kappa shape index (κ2) is 8.41. The van der Waals surface area contributed by atoms with Crippen molar-refractivity contribution in [3.05, 3.63) is 59.7 Å². The van der Waals surface area contributed by atoms with Gasteiger partial charge >= 0.3 is 0 Å². The van der Waals surface area contributed by atoms with E-state index in [0.717, 1.165) is 17.0 Å². The van der Waals surface area contributed by atoms with E-state index in [2.05, 4.69) is 5.32 Å². The number of para-hydroxylation sites is 2. The molecule has 0 fully saturated rings. The summed E-state index contributed by atoms with van der Waals surface area (Å²) >= 11 is 0. The fraction of sp³-hybridized carbons (Fsp3) is 0.381. The number of amides is 1. The van der Waals surface area contributed by atoms with Gasteiger partial charge in [-0.2, -0.15) is 0 Å². The summed E-state index contributed by atoms with van der Waals surface area (Å²) in [6, 6.07) is 15.3. The second-order valence-corrected chi connectivity index (χ2v) is 6.53. The molecule has 0 bridgehead atoms. The van der Waals surface area contributed by atoms with Gasteiger partial charge in [0.15, 0.2) is 0 Å². The number of anilines is 1. The van der Waals surface area contributed by atoms with Gasteiger partial charge in [0.25, 0.3) is 5.91 Å². The zero-order valence-corrected chi connectivity index (χ0v) is 16.0. The van der Waals surface area contributed by atoms with Gasteiger partial charge in [-0.3, -0.25) is 4.79 Å². The van der Waals surface area contributed by atoms with Crippen molar-refractivity contribution in [2.45, 2.75) is 12.6 Å². The molecule has 0 spiro atoms. The van der Waals surface area contributed by atoms with Gasteiger partial charge in [-0.25, -0.2) is 0 Å². The zero-order chi connectivity index (χ0) is 19.3. The maximum absolute atomic E-state index is 13.3. The van der Waals surface area contributed by atoms with Crippen LogP contribution in [0.1, 0.15) is 22.8 Å². The largest absolute Gasteiger partial charge is 0.491 e. The van der Waals surface area contributed by atoms with Crippen LogP contribution in [0.15, 0.2) is 48.5 Å². The number of carbonyl (C=O) groups is 1. The normalized spacial score (nSPS) is 18.8. The van der Waals surface area contributed by atoms with Crippen LogP contribution >= 0.6 is 0 Å². The van der Waals surface area contributed by atoms with Crippen molar-refractivity contribution in [2.24, 2.45) is 0 Å². The van der Waals surface area contributed by atoms with Crippen LogP contribution < -0.4 is 10.1 Å². The zero-order valence-electron chi connectivity index (χ0n) is 16.0. The maximum Gasteiger partial charge on any atom is 0.258 e. The quantitative estimate of drug-likeness (QED) is 0.724. The van der Waals surface area contributed by atoms with E-state index in [0.29, 0.717) is 31.9 Å². The third-order valence-corrected chi connectivity index (χ3v) is 4.80. The lowest BCUT2D eigenvalue weighted by atomic mass is 9.93. The summed E-state index contributed by atoms with van der Waals surface area (Å²) in [5.74, 6) is 0.690. The first kappa shape index (κ1) is 19.2. The molecule has 1 aliphatic heterocycles. The summed E-state index contributed by atoms with van der Waals surface area (Å²) in [5, 5.41) is 3.55. The first-order valence-corrected chi connectivity index (χ1v) is 9.01. The minimum Gasteiger partial charge on any atom is -0.491 e. The molecule has 1 unspecified atom stereocenters. The molecule has 2 aromatic rings. The fourth-order valence-corrected chi connectivity index (χ4v) is 3.41. The van der Waals surface area contributed by atoms with Crippen LogP contribution in [0.25, 0.3) is 0 Å². The number of carbonyl (C=O) groups excluding carboxylic acids is 1. The minimum atomic E-state index is -0.770. The molecule has 6 heteroatoms. The molecule has 27 heavy (non-hydrogen) atoms. The Kier molecular flexibility index (Phi) is 5.98. The number of nitrogens with zero attached hydrogens (tertiary/aromatic N) is 1. The highest BCUT2D eigenvalue weighted by atomic mass is 16.5. The van der Waals surface area contributed by atoms with Crippen molar-refractivity contribution in [1.29, 1.82) is 0 Å². The molecule has 1 heterocycles. The van der Waals surface area contributed by atoms with E-state index in [4.69, 9.17) is 14.2 Å². The Balaban J connectivity index is 2.04. The van der Waals surface area contributed by atoms with Gasteiger partial charge < -0.3 is 24.4 Å². The Morgan fingerprint density at radius 1 is 0.963 bits per heavy atom. The standard InChI is InChI=1S/C21H26N2O4/c1-21(17-9-5-7-11-19(17)27-15-14-26-3)22-18-10-6-4-8-16(18)20(24)23(21)12-13-25-2/h4-11,22H,12-15H2,1-3H3. The van der Waals surface area contributed by atoms with Crippen molar-refractivity contribution in [3.63, 3.8) is 0 Å². The van der Waals surface area contributed by atoms with Gasteiger partial charge in [0.05, 0.1) is 18.8 Å². The van der Waals surface area contributed by atoms with Gasteiger partial charge in [0, 0.05) is 32.0 Å². The molecule has 6 nitrogen and oxygen atoms in total. The summed E-state index contributed by atoms with van der Waals surface area (Å²) in [4.78, 5) is 15.1. The van der Waals surface area contributed by atoms with E-state index in [1.165, 1.54) is 0 Å². The molecule has 0 radical (unpaired) electrons. The molecule has 3 rings (SSSR count). The molecule has 1 amide bonds. The molecule has 0 aromatic heterocycles. The first-order chi connectivity index (χ1) is 13.1. The molecular formula is C21H26N2O4. The summed E-state index contributed by atoms with van der Waals surface area (Å²) in [6.45, 7) is 3.83. The Labute approximate surface area is 160 Å². The maximum atomic E-state index is 13.3. The number of methoxy groups -OCH3 is 2. The van der Waals surface area contributed by atoms with Gasteiger partial charge in [0.1, 0.15) is 18.0 Å². The molecule has 2 aromatic carbocycles. The van der Waals surface area contributed by atoms with Crippen molar-refractivity contribution in [1.82, 2.24) is 4.90 Å². The fourth-order valence-electron chi connectivity index (χ4n) is 3.41. The highest BCUT2D eigenvalue weighted by Crippen LogP contribution is 2.41. The number of hydrogen-bond acceptors (Lipinski definition) is 5. The van der Waals surface area contributed by atoms with Crippen LogP contribution in [-0.2, 0) is 15.1 Å². The molecule has 0 aliphatic carbocycles. The van der Waals surface area contributed by atoms with Gasteiger partial charge in [-0.1, -0.05) is 30.3 Å². The van der Waals surface area contributed by atoms with Crippen LogP contribution in [-0.4, -0.2) is 51.4 Å². The number of nitrogens with one attached hydrogen (secondary N) is 1. The smallest absolute Gasteiger partial charge is 0.258 e. The lowest BCUT2D eigenvalue weighted by Crippen LogP contribution is -2.56. The number of benzene rings is 2. The Morgan fingerprint density at radius 3 is 2.44 bits per heavy atom. The number of hydrogen-bond donors (Lipinski definition) is 1. The number of rotatable bonds is 8. The lowest BCUT2D eigenvalue weighted by Gasteiger charge is -2.47. The summed E-state index contributed by atoms with van der Waals surface area (Å²) < 4.78 is 16.3. The Morgan fingerprint density at radius 2 is 1.67 bits per heavy atom. The molecule has 1 atom stereocenters. The van der Waals surface area contributed by atoms with Crippen LogP contribution in [0.2, 0.25) is 0 Å². The molecule has 0 saturated carbocycles. The Bertz CT molecular complexity index is 795. The molecule has 1 N–H and O–H groups in total. The van der Waals surface area contributed by atoms with Crippen LogP contribution in [0.3, 0.4) is 0 Å². The molecule has 1 aliphatic rings. The van der Waals surface area contributed by atoms with E-state index in [1.807, 2.05) is 55.5 Å². The van der Waals surface area contributed by atoms with Crippen LogP contribution in [0.4, 0.5) is 5.69 Å². The number of fused-ring (bicyclic) bond motifs is 1. The van der Waals surface area contributed by atoms with Crippen molar-refractivity contribution in [3.8, 4) is 5.75 Å². The summed E-state index contributed by atoms with van der Waals surface area (Å²) in [6.07, 6.45) is 0. The van der Waals surface area contributed by atoms with Crippen molar-refractivity contribution >= 4 is 11.6 Å². The van der Waals surface area contributed by atoms with Crippen LogP contribution in [0.5, 0.6) is 5.75 Å². The van der Waals surface area contributed by atoms with E-state index in [1.54, 1.807) is 19.1 Å². The predicted octanol–water partition coefficient (Wildman–Crippen LogP) is 3.10. The monoisotopic (exact) mass is 370 g/mol. The second-order valence-electron chi connectivity index (χ2n) is 6.53. The predicted molar refractivity (Wildman–Crippen MR) is 104 cm³/mol. The SMILES string of the molecule is COCCOc1ccccc1C1(C)Nc2ccccc2C(=O)N1CCOC. The average Bonchev–Trinajstić information content (AvgIpc) is 2.68. The topological polar surface area (TPSA) is 60.0 Å². The third kappa shape index (κ3) is 3.77. The van der Waals surface area contributed by atoms with Crippen LogP contribution in [0, 0.1) is 0 Å². The highest BCUT2D eigenvalue weighted by Gasteiger charge is 2.43. The molecular weight excluding hydrogens is 344 g/mol. The third-order valence-electron chi connectivity index (χ3n) is 4.80. The average molecular weight is 370 g/mol. The molecule has 144 valence electrons. The van der Waals surface area contributed by atoms with Gasteiger partial charge in [0.2, 0.25) is 0 Å². The first-order valence-electron chi connectivity index (χ1n) is 9.01. The Hall–Kier alpha value is -2.57. The lowest BCUT2D eigenvalue weighted by molar-refractivity contribution is 0.0429. The summed E-state index contributed by atoms with van der Waals surface area (Å²) in [7, 11) is 3.27. The van der Waals surface area contributed by atoms with Gasteiger partial charge in [-0.15, -0.1) is 0 Å². The number of ether oxygens (including phenoxy) is 3. The van der Waals surface area contributed by atoms with E-state index in [-0.39, 0.29) is 5.91 Å². The van der Waals surface area contributed by atoms with E-state index >= 15 is 0 Å². The minimum absolute atomic E-state index is 0.0319. The van der Waals surface area contributed by atoms with E-state index in [9.17, 15) is 4.79 Å². The summed E-state index contributed by atoms with van der Waals surface area (Å²) in [5.41, 5.74) is 1.59. The van der Waals surface area contributed by atoms with Gasteiger partial charge in [-0.05, 0) is 25.1 Å². The van der Waals surface area contributed by atoms with E-state index < -0.39 is 5.66 Å². The van der Waals surface area contributed by atoms with Crippen molar-refractivity contribution in [2.75, 3.05) is 45.9 Å². The highest BCUT2D eigenvalue weighted by molar-refractivity contribution is 6.02. The van der Waals surface area contributed by atoms with Crippen molar-refractivity contribution < 1.29 is 19.0 Å².